The van der Waals surface area contributed by atoms with E-state index in [-0.39, 0.29) is 5.78 Å². The van der Waals surface area contributed by atoms with Crippen molar-refractivity contribution in [3.05, 3.63) is 59.1 Å². The van der Waals surface area contributed by atoms with Gasteiger partial charge in [0.15, 0.2) is 0 Å². The monoisotopic (exact) mass is 218 g/mol. The molecule has 0 atom stereocenters. The highest BCUT2D eigenvalue weighted by Crippen LogP contribution is 2.13. The second kappa shape index (κ2) is 4.19. The van der Waals surface area contributed by atoms with Crippen LogP contribution in [0.2, 0.25) is 5.02 Å². The Morgan fingerprint density at radius 2 is 2.13 bits per heavy atom. The van der Waals surface area contributed by atoms with E-state index in [9.17, 15) is 4.79 Å². The van der Waals surface area contributed by atoms with Crippen LogP contribution in [0.5, 0.6) is 0 Å². The molecule has 0 unspecified atom stereocenters. The van der Waals surface area contributed by atoms with Crippen LogP contribution in [-0.4, -0.2) is 15.8 Å². The van der Waals surface area contributed by atoms with Gasteiger partial charge in [-0.05, 0) is 12.1 Å². The zero-order valence-corrected chi connectivity index (χ0v) is 8.48. The van der Waals surface area contributed by atoms with Gasteiger partial charge in [-0.3, -0.25) is 9.78 Å². The number of halogens is 1. The minimum atomic E-state index is -0.175. The van der Waals surface area contributed by atoms with Gasteiger partial charge in [-0.25, -0.2) is 4.98 Å². The number of hydrogen-bond donors (Lipinski definition) is 0. The van der Waals surface area contributed by atoms with E-state index in [2.05, 4.69) is 9.97 Å². The van der Waals surface area contributed by atoms with Gasteiger partial charge >= 0.3 is 0 Å². The fraction of sp³-hybridized carbons (Fsp3) is 0. The van der Waals surface area contributed by atoms with Crippen LogP contribution >= 0.6 is 11.6 Å². The fourth-order valence-corrected chi connectivity index (χ4v) is 1.38. The molecule has 0 N–H and O–H groups in total. The predicted octanol–water partition coefficient (Wildman–Crippen LogP) is 2.36. The van der Waals surface area contributed by atoms with E-state index in [1.165, 1.54) is 18.6 Å². The fourth-order valence-electron chi connectivity index (χ4n) is 1.19. The van der Waals surface area contributed by atoms with E-state index in [4.69, 9.17) is 11.6 Å². The Hall–Kier alpha value is -1.74. The molecular formula is C11H7ClN2O. The zero-order chi connectivity index (χ0) is 10.7. The van der Waals surface area contributed by atoms with Gasteiger partial charge in [0.2, 0.25) is 5.78 Å². The van der Waals surface area contributed by atoms with Gasteiger partial charge in [-0.2, -0.15) is 0 Å². The van der Waals surface area contributed by atoms with Gasteiger partial charge in [-0.1, -0.05) is 23.7 Å². The summed E-state index contributed by atoms with van der Waals surface area (Å²) >= 11 is 5.79. The lowest BCUT2D eigenvalue weighted by Gasteiger charge is -1.99. The minimum Gasteiger partial charge on any atom is -0.287 e. The van der Waals surface area contributed by atoms with Crippen LogP contribution < -0.4 is 0 Å². The maximum absolute atomic E-state index is 11.8. The topological polar surface area (TPSA) is 42.9 Å². The molecule has 74 valence electrons. The maximum atomic E-state index is 11.8. The highest BCUT2D eigenvalue weighted by atomic mass is 35.5. The van der Waals surface area contributed by atoms with Crippen molar-refractivity contribution in [3.63, 3.8) is 0 Å². The molecule has 0 spiro atoms. The third-order valence-electron chi connectivity index (χ3n) is 1.88. The zero-order valence-electron chi connectivity index (χ0n) is 7.72. The summed E-state index contributed by atoms with van der Waals surface area (Å²) in [6, 6.07) is 6.75. The summed E-state index contributed by atoms with van der Waals surface area (Å²) in [5.74, 6) is -0.175. The Morgan fingerprint density at radius 3 is 2.80 bits per heavy atom. The highest BCUT2D eigenvalue weighted by Gasteiger charge is 2.09. The van der Waals surface area contributed by atoms with Crippen molar-refractivity contribution in [3.8, 4) is 0 Å². The summed E-state index contributed by atoms with van der Waals surface area (Å²) in [5, 5.41) is 0.532. The average Bonchev–Trinajstić information content (AvgIpc) is 2.29. The number of ketones is 1. The molecule has 0 amide bonds. The Kier molecular flexibility index (Phi) is 2.74. The van der Waals surface area contributed by atoms with Crippen molar-refractivity contribution in [1.82, 2.24) is 9.97 Å². The second-order valence-electron chi connectivity index (χ2n) is 2.93. The van der Waals surface area contributed by atoms with Gasteiger partial charge < -0.3 is 0 Å². The lowest BCUT2D eigenvalue weighted by Crippen LogP contribution is -2.03. The van der Waals surface area contributed by atoms with Crippen LogP contribution in [0.15, 0.2) is 42.9 Å². The standard InChI is InChI=1S/C11H7ClN2O/c12-9-3-1-2-8(6-9)11(15)10-7-13-4-5-14-10/h1-7H. The molecule has 2 aromatic rings. The first-order chi connectivity index (χ1) is 7.27. The van der Waals surface area contributed by atoms with E-state index in [1.807, 2.05) is 0 Å². The van der Waals surface area contributed by atoms with Crippen LogP contribution in [0.3, 0.4) is 0 Å². The van der Waals surface area contributed by atoms with E-state index in [0.29, 0.717) is 16.3 Å². The smallest absolute Gasteiger partial charge is 0.212 e. The number of carbonyl (C=O) groups is 1. The first kappa shape index (κ1) is 9.80. The molecule has 0 saturated heterocycles. The molecule has 0 saturated carbocycles. The van der Waals surface area contributed by atoms with Crippen LogP contribution in [0, 0.1) is 0 Å². The molecule has 0 fully saturated rings. The Balaban J connectivity index is 2.37. The largest absolute Gasteiger partial charge is 0.287 e. The molecule has 15 heavy (non-hydrogen) atoms. The lowest BCUT2D eigenvalue weighted by atomic mass is 10.1. The predicted molar refractivity (Wildman–Crippen MR) is 56.9 cm³/mol. The number of aromatic nitrogens is 2. The number of rotatable bonds is 2. The summed E-state index contributed by atoms with van der Waals surface area (Å²) in [4.78, 5) is 19.6. The number of nitrogens with zero attached hydrogens (tertiary/aromatic N) is 2. The molecule has 1 heterocycles. The molecule has 0 aliphatic rings. The Bertz CT molecular complexity index is 485. The molecule has 0 bridgehead atoms. The number of benzene rings is 1. The SMILES string of the molecule is O=C(c1cccc(Cl)c1)c1cnccn1. The molecule has 1 aromatic carbocycles. The van der Waals surface area contributed by atoms with E-state index >= 15 is 0 Å². The molecule has 1 aromatic heterocycles. The second-order valence-corrected chi connectivity index (χ2v) is 3.37. The lowest BCUT2D eigenvalue weighted by molar-refractivity contribution is 0.103. The number of hydrogen-bond acceptors (Lipinski definition) is 3. The van der Waals surface area contributed by atoms with Gasteiger partial charge in [-0.15, -0.1) is 0 Å². The molecule has 0 aliphatic carbocycles. The van der Waals surface area contributed by atoms with E-state index < -0.39 is 0 Å². The van der Waals surface area contributed by atoms with Gasteiger partial charge in [0.25, 0.3) is 0 Å². The van der Waals surface area contributed by atoms with E-state index in [0.717, 1.165) is 0 Å². The Labute approximate surface area is 91.8 Å². The van der Waals surface area contributed by atoms with Crippen LogP contribution in [0.25, 0.3) is 0 Å². The van der Waals surface area contributed by atoms with Crippen molar-refractivity contribution in [2.75, 3.05) is 0 Å². The first-order valence-electron chi connectivity index (χ1n) is 4.33. The summed E-state index contributed by atoms with van der Waals surface area (Å²) in [6.07, 6.45) is 4.44. The minimum absolute atomic E-state index is 0.175. The summed E-state index contributed by atoms with van der Waals surface area (Å²) in [7, 11) is 0. The van der Waals surface area contributed by atoms with Crippen molar-refractivity contribution in [1.29, 1.82) is 0 Å². The van der Waals surface area contributed by atoms with Gasteiger partial charge in [0.05, 0.1) is 6.20 Å². The summed E-state index contributed by atoms with van der Waals surface area (Å²) < 4.78 is 0. The average molecular weight is 219 g/mol. The maximum Gasteiger partial charge on any atom is 0.212 e. The summed E-state index contributed by atoms with van der Waals surface area (Å²) in [5.41, 5.74) is 0.836. The van der Waals surface area contributed by atoms with Crippen molar-refractivity contribution < 1.29 is 4.79 Å². The van der Waals surface area contributed by atoms with Crippen molar-refractivity contribution >= 4 is 17.4 Å². The van der Waals surface area contributed by atoms with Crippen LogP contribution in [0.1, 0.15) is 16.1 Å². The molecular weight excluding hydrogens is 212 g/mol. The molecule has 0 aliphatic heterocycles. The molecule has 4 heteroatoms. The molecule has 0 radical (unpaired) electrons. The first-order valence-corrected chi connectivity index (χ1v) is 4.71. The third kappa shape index (κ3) is 2.19. The van der Waals surface area contributed by atoms with Gasteiger partial charge in [0.1, 0.15) is 5.69 Å². The van der Waals surface area contributed by atoms with Crippen LogP contribution in [-0.2, 0) is 0 Å². The quantitative estimate of drug-likeness (QED) is 0.727. The Morgan fingerprint density at radius 1 is 1.27 bits per heavy atom. The van der Waals surface area contributed by atoms with Gasteiger partial charge in [0, 0.05) is 23.0 Å². The van der Waals surface area contributed by atoms with Crippen LogP contribution in [0.4, 0.5) is 0 Å². The molecule has 3 nitrogen and oxygen atoms in total. The third-order valence-corrected chi connectivity index (χ3v) is 2.12. The summed E-state index contributed by atoms with van der Waals surface area (Å²) in [6.45, 7) is 0. The number of carbonyl (C=O) groups excluding carboxylic acids is 1. The van der Waals surface area contributed by atoms with Crippen molar-refractivity contribution in [2.45, 2.75) is 0 Å². The molecule has 2 rings (SSSR count). The normalized spacial score (nSPS) is 9.93. The van der Waals surface area contributed by atoms with Crippen molar-refractivity contribution in [2.24, 2.45) is 0 Å². The van der Waals surface area contributed by atoms with E-state index in [1.54, 1.807) is 24.3 Å². The highest BCUT2D eigenvalue weighted by molar-refractivity contribution is 6.31.